The molecular formula is C27H35FN4O4S. The Balaban J connectivity index is 1.81. The van der Waals surface area contributed by atoms with Crippen molar-refractivity contribution in [3.63, 3.8) is 0 Å². The van der Waals surface area contributed by atoms with Crippen molar-refractivity contribution in [3.05, 3.63) is 59.4 Å². The molecule has 0 bridgehead atoms. The molecule has 1 aliphatic heterocycles. The first kappa shape index (κ1) is 28.6. The first-order valence-corrected chi connectivity index (χ1v) is 13.9. The topological polar surface area (TPSA) is 112 Å². The van der Waals surface area contributed by atoms with E-state index in [1.165, 1.54) is 6.92 Å². The first-order valence-electron chi connectivity index (χ1n) is 12.4. The number of benzene rings is 2. The van der Waals surface area contributed by atoms with E-state index >= 15 is 4.39 Å². The smallest absolute Gasteiger partial charge is 0.265 e. The number of anilines is 1. The molecule has 2 atom stereocenters. The number of hydrogen-bond donors (Lipinski definition) is 2. The van der Waals surface area contributed by atoms with E-state index in [-0.39, 0.29) is 17.3 Å². The summed E-state index contributed by atoms with van der Waals surface area (Å²) in [5.74, 6) is -1.68. The number of amides is 1. The van der Waals surface area contributed by atoms with Crippen LogP contribution in [0.1, 0.15) is 50.2 Å². The molecule has 2 aromatic carbocycles. The molecule has 1 amide bonds. The highest BCUT2D eigenvalue weighted by molar-refractivity contribution is 7.90. The average molecular weight is 531 g/mol. The molecule has 2 N–H and O–H groups in total. The van der Waals surface area contributed by atoms with Gasteiger partial charge in [0.25, 0.3) is 15.9 Å². The molecule has 0 aliphatic carbocycles. The summed E-state index contributed by atoms with van der Waals surface area (Å²) in [6.07, 6.45) is 4.05. The molecule has 1 saturated heterocycles. The van der Waals surface area contributed by atoms with Crippen molar-refractivity contribution in [2.24, 2.45) is 0 Å². The zero-order valence-corrected chi connectivity index (χ0v) is 22.4. The van der Waals surface area contributed by atoms with Crippen molar-refractivity contribution >= 4 is 21.6 Å². The van der Waals surface area contributed by atoms with Gasteiger partial charge in [-0.15, -0.1) is 0 Å². The monoisotopic (exact) mass is 530 g/mol. The Morgan fingerprint density at radius 1 is 1.22 bits per heavy atom. The maximum atomic E-state index is 15.3. The Labute approximate surface area is 218 Å². The quantitative estimate of drug-likeness (QED) is 0.454. The standard InChI is InChI=1S/C27H35FN4O4S/c1-27(14-7-8-16-36-27)26(33)31-37(34,35)23-17-21(19-29)25(24(28)18-23)30-22(13-15-32(2)3)12-11-20-9-5-4-6-10-20/h4-6,9-10,17-18,22,30H,7-8,11-16H2,1-3H3,(H,31,33)/t22-,27+/m0/s1. The molecule has 200 valence electrons. The number of nitriles is 1. The summed E-state index contributed by atoms with van der Waals surface area (Å²) in [6, 6.07) is 13.6. The number of rotatable bonds is 11. The van der Waals surface area contributed by atoms with E-state index in [4.69, 9.17) is 4.74 Å². The lowest BCUT2D eigenvalue weighted by molar-refractivity contribution is -0.148. The summed E-state index contributed by atoms with van der Waals surface area (Å²) in [6.45, 7) is 2.64. The molecule has 37 heavy (non-hydrogen) atoms. The molecule has 0 saturated carbocycles. The third kappa shape index (κ3) is 7.74. The molecular weight excluding hydrogens is 495 g/mol. The molecule has 1 aliphatic rings. The largest absolute Gasteiger partial charge is 0.379 e. The van der Waals surface area contributed by atoms with Gasteiger partial charge in [0.05, 0.1) is 16.1 Å². The Kier molecular flexibility index (Phi) is 9.65. The fourth-order valence-corrected chi connectivity index (χ4v) is 5.38. The van der Waals surface area contributed by atoms with Gasteiger partial charge in [0.15, 0.2) is 0 Å². The number of nitrogens with one attached hydrogen (secondary N) is 2. The van der Waals surface area contributed by atoms with Crippen molar-refractivity contribution < 1.29 is 22.3 Å². The summed E-state index contributed by atoms with van der Waals surface area (Å²) in [5, 5.41) is 12.9. The lowest BCUT2D eigenvalue weighted by Crippen LogP contribution is -2.50. The number of ether oxygens (including phenoxy) is 1. The van der Waals surface area contributed by atoms with E-state index in [0.717, 1.165) is 43.5 Å². The van der Waals surface area contributed by atoms with Crippen LogP contribution in [-0.4, -0.2) is 58.1 Å². The van der Waals surface area contributed by atoms with Crippen LogP contribution in [0.15, 0.2) is 47.4 Å². The highest BCUT2D eigenvalue weighted by Crippen LogP contribution is 2.28. The van der Waals surface area contributed by atoms with Crippen LogP contribution in [0, 0.1) is 17.1 Å². The van der Waals surface area contributed by atoms with E-state index in [1.807, 2.05) is 60.1 Å². The van der Waals surface area contributed by atoms with Gasteiger partial charge in [-0.3, -0.25) is 4.79 Å². The predicted molar refractivity (Wildman–Crippen MR) is 140 cm³/mol. The lowest BCUT2D eigenvalue weighted by atomic mass is 9.95. The van der Waals surface area contributed by atoms with Gasteiger partial charge in [-0.2, -0.15) is 5.26 Å². The second-order valence-electron chi connectivity index (χ2n) is 9.87. The van der Waals surface area contributed by atoms with Crippen molar-refractivity contribution in [2.75, 3.05) is 32.6 Å². The minimum Gasteiger partial charge on any atom is -0.379 e. The maximum absolute atomic E-state index is 15.3. The molecule has 2 aromatic rings. The van der Waals surface area contributed by atoms with Crippen molar-refractivity contribution in [2.45, 2.75) is 62.0 Å². The van der Waals surface area contributed by atoms with E-state index < -0.39 is 32.2 Å². The summed E-state index contributed by atoms with van der Waals surface area (Å²) < 4.78 is 48.7. The van der Waals surface area contributed by atoms with Gasteiger partial charge in [-0.1, -0.05) is 30.3 Å². The van der Waals surface area contributed by atoms with Crippen molar-refractivity contribution in [3.8, 4) is 6.07 Å². The van der Waals surface area contributed by atoms with E-state index in [2.05, 4.69) is 5.32 Å². The third-order valence-electron chi connectivity index (χ3n) is 6.57. The Morgan fingerprint density at radius 3 is 2.57 bits per heavy atom. The molecule has 0 unspecified atom stereocenters. The minimum absolute atomic E-state index is 0.0489. The maximum Gasteiger partial charge on any atom is 0.265 e. The van der Waals surface area contributed by atoms with Crippen LogP contribution in [-0.2, 0) is 26.0 Å². The van der Waals surface area contributed by atoms with Gasteiger partial charge in [-0.25, -0.2) is 17.5 Å². The number of aryl methyl sites for hydroxylation is 1. The highest BCUT2D eigenvalue weighted by Gasteiger charge is 2.38. The molecule has 8 nitrogen and oxygen atoms in total. The fraction of sp³-hybridized carbons (Fsp3) is 0.481. The Morgan fingerprint density at radius 2 is 1.95 bits per heavy atom. The zero-order chi connectivity index (χ0) is 27.1. The molecule has 10 heteroatoms. The normalized spacial score (nSPS) is 18.7. The Bertz CT molecular complexity index is 1220. The van der Waals surface area contributed by atoms with Gasteiger partial charge in [0, 0.05) is 12.6 Å². The third-order valence-corrected chi connectivity index (χ3v) is 7.88. The molecule has 0 spiro atoms. The van der Waals surface area contributed by atoms with Gasteiger partial charge in [0.1, 0.15) is 17.5 Å². The van der Waals surface area contributed by atoms with Crippen LogP contribution in [0.4, 0.5) is 10.1 Å². The number of nitrogens with zero attached hydrogens (tertiary/aromatic N) is 2. The summed E-state index contributed by atoms with van der Waals surface area (Å²) >= 11 is 0. The van der Waals surface area contributed by atoms with Crippen molar-refractivity contribution in [1.29, 1.82) is 5.26 Å². The van der Waals surface area contributed by atoms with E-state index in [1.54, 1.807) is 0 Å². The second kappa shape index (κ2) is 12.5. The number of carbonyl (C=O) groups is 1. The minimum atomic E-state index is -4.42. The van der Waals surface area contributed by atoms with Crippen LogP contribution in [0.3, 0.4) is 0 Å². The summed E-state index contributed by atoms with van der Waals surface area (Å²) in [4.78, 5) is 14.2. The second-order valence-corrected chi connectivity index (χ2v) is 11.6. The van der Waals surface area contributed by atoms with Crippen LogP contribution in [0.25, 0.3) is 0 Å². The van der Waals surface area contributed by atoms with Crippen LogP contribution >= 0.6 is 0 Å². The number of hydrogen-bond acceptors (Lipinski definition) is 7. The average Bonchev–Trinajstić information content (AvgIpc) is 2.87. The van der Waals surface area contributed by atoms with Crippen LogP contribution in [0.5, 0.6) is 0 Å². The van der Waals surface area contributed by atoms with Gasteiger partial charge in [0.2, 0.25) is 0 Å². The number of carbonyl (C=O) groups excluding carboxylic acids is 1. The zero-order valence-electron chi connectivity index (χ0n) is 21.6. The number of sulfonamides is 1. The van der Waals surface area contributed by atoms with Crippen molar-refractivity contribution in [1.82, 2.24) is 9.62 Å². The van der Waals surface area contributed by atoms with E-state index in [0.29, 0.717) is 25.9 Å². The molecule has 1 fully saturated rings. The van der Waals surface area contributed by atoms with E-state index in [9.17, 15) is 18.5 Å². The Hall–Kier alpha value is -3.00. The van der Waals surface area contributed by atoms with Gasteiger partial charge in [-0.05, 0) is 83.8 Å². The number of halogens is 1. The SMILES string of the molecule is CN(C)CC[C@H](CCc1ccccc1)Nc1c(F)cc(S(=O)(=O)NC(=O)[C@@]2(C)CCCCO2)cc1C#N. The summed E-state index contributed by atoms with van der Waals surface area (Å²) in [7, 11) is -0.527. The predicted octanol–water partition coefficient (Wildman–Crippen LogP) is 3.83. The molecule has 0 radical (unpaired) electrons. The summed E-state index contributed by atoms with van der Waals surface area (Å²) in [5.41, 5.74) is -0.329. The first-order chi connectivity index (χ1) is 17.5. The lowest BCUT2D eigenvalue weighted by Gasteiger charge is -2.32. The molecule has 3 rings (SSSR count). The van der Waals surface area contributed by atoms with Crippen LogP contribution < -0.4 is 10.0 Å². The fourth-order valence-electron chi connectivity index (χ4n) is 4.27. The molecule has 0 aromatic heterocycles. The van der Waals surface area contributed by atoms with Crippen LogP contribution in [0.2, 0.25) is 0 Å². The highest BCUT2D eigenvalue weighted by atomic mass is 32.2. The van der Waals surface area contributed by atoms with Gasteiger partial charge < -0.3 is 15.0 Å². The van der Waals surface area contributed by atoms with Gasteiger partial charge >= 0.3 is 0 Å². The molecule has 1 heterocycles.